The number of carbonyl (C=O) groups excluding carboxylic acids is 1. The average Bonchev–Trinajstić information content (AvgIpc) is 2.98. The minimum atomic E-state index is -0.511. The second-order valence-corrected chi connectivity index (χ2v) is 5.12. The van der Waals surface area contributed by atoms with Gasteiger partial charge in [-0.05, 0) is 36.5 Å². The SMILES string of the molecule is CNC(=S)N/N=C/c1c(C(=O)OC)cnn1-c1ccc(Cl)cc1. The Bertz CT molecular complexity index is 742. The molecule has 0 saturated heterocycles. The third kappa shape index (κ3) is 4.05. The molecule has 9 heteroatoms. The van der Waals surface area contributed by atoms with E-state index in [4.69, 9.17) is 28.6 Å². The van der Waals surface area contributed by atoms with E-state index in [-0.39, 0.29) is 5.56 Å². The zero-order chi connectivity index (χ0) is 16.8. The van der Waals surface area contributed by atoms with Crippen molar-refractivity contribution < 1.29 is 9.53 Å². The number of aromatic nitrogens is 2. The number of rotatable bonds is 4. The predicted molar refractivity (Wildman–Crippen MR) is 92.3 cm³/mol. The van der Waals surface area contributed by atoms with E-state index < -0.39 is 5.97 Å². The van der Waals surface area contributed by atoms with Gasteiger partial charge in [0.2, 0.25) is 0 Å². The van der Waals surface area contributed by atoms with Gasteiger partial charge >= 0.3 is 5.97 Å². The summed E-state index contributed by atoms with van der Waals surface area (Å²) in [7, 11) is 2.97. The molecule has 2 aromatic rings. The zero-order valence-electron chi connectivity index (χ0n) is 12.4. The molecular formula is C14H14ClN5O2S. The van der Waals surface area contributed by atoms with E-state index in [0.29, 0.717) is 15.8 Å². The lowest BCUT2D eigenvalue weighted by Crippen LogP contribution is -2.28. The quantitative estimate of drug-likeness (QED) is 0.378. The summed E-state index contributed by atoms with van der Waals surface area (Å²) in [5.74, 6) is -0.511. The normalized spacial score (nSPS) is 10.6. The van der Waals surface area contributed by atoms with E-state index in [1.165, 1.54) is 19.5 Å². The molecule has 2 rings (SSSR count). The number of hydrogen-bond donors (Lipinski definition) is 2. The van der Waals surface area contributed by atoms with Gasteiger partial charge in [0.05, 0.1) is 25.2 Å². The standard InChI is InChI=1S/C14H14ClN5O2S/c1-16-14(23)19-17-8-12-11(13(21)22-2)7-18-20(12)10-5-3-9(15)4-6-10/h3-8H,1-2H3,(H2,16,19,23)/b17-8+. The van der Waals surface area contributed by atoms with Gasteiger partial charge in [-0.2, -0.15) is 10.2 Å². The largest absolute Gasteiger partial charge is 0.465 e. The maximum absolute atomic E-state index is 11.9. The van der Waals surface area contributed by atoms with Crippen LogP contribution in [0.15, 0.2) is 35.6 Å². The Labute approximate surface area is 143 Å². The number of nitrogens with one attached hydrogen (secondary N) is 2. The minimum Gasteiger partial charge on any atom is -0.465 e. The molecule has 0 aliphatic rings. The zero-order valence-corrected chi connectivity index (χ0v) is 14.0. The monoisotopic (exact) mass is 351 g/mol. The summed E-state index contributed by atoms with van der Waals surface area (Å²) >= 11 is 10.8. The van der Waals surface area contributed by atoms with E-state index >= 15 is 0 Å². The maximum Gasteiger partial charge on any atom is 0.341 e. The number of halogens is 1. The van der Waals surface area contributed by atoms with Crippen molar-refractivity contribution in [3.05, 3.63) is 46.7 Å². The molecule has 0 aliphatic carbocycles. The van der Waals surface area contributed by atoms with Gasteiger partial charge in [-0.25, -0.2) is 9.48 Å². The van der Waals surface area contributed by atoms with Crippen molar-refractivity contribution in [3.8, 4) is 5.69 Å². The third-order valence-electron chi connectivity index (χ3n) is 2.86. The molecule has 0 fully saturated rings. The second-order valence-electron chi connectivity index (χ2n) is 4.27. The predicted octanol–water partition coefficient (Wildman–Crippen LogP) is 1.74. The van der Waals surface area contributed by atoms with Crippen molar-refractivity contribution in [1.82, 2.24) is 20.5 Å². The summed E-state index contributed by atoms with van der Waals surface area (Å²) in [6.07, 6.45) is 2.86. The first-order chi connectivity index (χ1) is 11.1. The number of benzene rings is 1. The van der Waals surface area contributed by atoms with Gasteiger partial charge in [0.25, 0.3) is 0 Å². The fraction of sp³-hybridized carbons (Fsp3) is 0.143. The summed E-state index contributed by atoms with van der Waals surface area (Å²) in [6.45, 7) is 0. The van der Waals surface area contributed by atoms with Crippen molar-refractivity contribution in [1.29, 1.82) is 0 Å². The first-order valence-corrected chi connectivity index (χ1v) is 7.28. The Morgan fingerprint density at radius 3 is 2.74 bits per heavy atom. The van der Waals surface area contributed by atoms with Crippen LogP contribution < -0.4 is 10.7 Å². The van der Waals surface area contributed by atoms with Crippen molar-refractivity contribution in [2.24, 2.45) is 5.10 Å². The Kier molecular flexibility index (Phi) is 5.67. The molecule has 0 atom stereocenters. The molecule has 1 aromatic carbocycles. The van der Waals surface area contributed by atoms with Crippen LogP contribution in [0, 0.1) is 0 Å². The number of nitrogens with zero attached hydrogens (tertiary/aromatic N) is 3. The number of carbonyl (C=O) groups is 1. The number of ether oxygens (including phenoxy) is 1. The first kappa shape index (κ1) is 16.9. The Morgan fingerprint density at radius 1 is 1.43 bits per heavy atom. The van der Waals surface area contributed by atoms with Gasteiger partial charge in [0.15, 0.2) is 5.11 Å². The highest BCUT2D eigenvalue weighted by molar-refractivity contribution is 7.80. The average molecular weight is 352 g/mol. The first-order valence-electron chi connectivity index (χ1n) is 6.50. The summed E-state index contributed by atoms with van der Waals surface area (Å²) < 4.78 is 6.31. The van der Waals surface area contributed by atoms with Crippen LogP contribution in [0.2, 0.25) is 5.02 Å². The molecule has 1 heterocycles. The highest BCUT2D eigenvalue weighted by Gasteiger charge is 2.17. The van der Waals surface area contributed by atoms with Crippen molar-refractivity contribution in [2.75, 3.05) is 14.2 Å². The Morgan fingerprint density at radius 2 is 2.13 bits per heavy atom. The van der Waals surface area contributed by atoms with Gasteiger partial charge in [0.1, 0.15) is 11.3 Å². The summed E-state index contributed by atoms with van der Waals surface area (Å²) in [5, 5.41) is 11.9. The van der Waals surface area contributed by atoms with Crippen molar-refractivity contribution in [2.45, 2.75) is 0 Å². The molecule has 0 amide bonds. The lowest BCUT2D eigenvalue weighted by Gasteiger charge is -2.06. The molecule has 0 bridgehead atoms. The van der Waals surface area contributed by atoms with E-state index in [1.807, 2.05) is 0 Å². The van der Waals surface area contributed by atoms with Crippen molar-refractivity contribution in [3.63, 3.8) is 0 Å². The number of thiocarbonyl (C=S) groups is 1. The van der Waals surface area contributed by atoms with Crippen LogP contribution in [0.1, 0.15) is 16.1 Å². The molecular weight excluding hydrogens is 338 g/mol. The molecule has 0 spiro atoms. The van der Waals surface area contributed by atoms with Crippen LogP contribution in [-0.4, -0.2) is 41.2 Å². The molecule has 0 saturated carbocycles. The molecule has 0 aliphatic heterocycles. The molecule has 2 N–H and O–H groups in total. The van der Waals surface area contributed by atoms with Crippen LogP contribution in [0.3, 0.4) is 0 Å². The van der Waals surface area contributed by atoms with E-state index in [9.17, 15) is 4.79 Å². The second kappa shape index (κ2) is 7.70. The Balaban J connectivity index is 2.42. The van der Waals surface area contributed by atoms with E-state index in [2.05, 4.69) is 20.9 Å². The van der Waals surface area contributed by atoms with Crippen LogP contribution in [0.25, 0.3) is 5.69 Å². The highest BCUT2D eigenvalue weighted by atomic mass is 35.5. The highest BCUT2D eigenvalue weighted by Crippen LogP contribution is 2.17. The van der Waals surface area contributed by atoms with E-state index in [0.717, 1.165) is 5.69 Å². The molecule has 120 valence electrons. The van der Waals surface area contributed by atoms with Crippen molar-refractivity contribution >= 4 is 41.1 Å². The topological polar surface area (TPSA) is 80.5 Å². The number of hydrogen-bond acceptors (Lipinski definition) is 5. The van der Waals surface area contributed by atoms with Crippen LogP contribution in [-0.2, 0) is 4.74 Å². The van der Waals surface area contributed by atoms with E-state index in [1.54, 1.807) is 36.0 Å². The smallest absolute Gasteiger partial charge is 0.341 e. The van der Waals surface area contributed by atoms with Gasteiger partial charge < -0.3 is 10.1 Å². The Hall–Kier alpha value is -2.45. The van der Waals surface area contributed by atoms with Gasteiger partial charge in [0, 0.05) is 12.1 Å². The summed E-state index contributed by atoms with van der Waals surface area (Å²) in [6, 6.07) is 7.01. The maximum atomic E-state index is 11.9. The fourth-order valence-corrected chi connectivity index (χ4v) is 1.92. The van der Waals surface area contributed by atoms with Gasteiger partial charge in [-0.15, -0.1) is 0 Å². The molecule has 1 aromatic heterocycles. The summed E-state index contributed by atoms with van der Waals surface area (Å²) in [5.41, 5.74) is 4.07. The third-order valence-corrected chi connectivity index (χ3v) is 3.41. The molecule has 7 nitrogen and oxygen atoms in total. The molecule has 23 heavy (non-hydrogen) atoms. The number of hydrazone groups is 1. The van der Waals surface area contributed by atoms with Crippen LogP contribution in [0.5, 0.6) is 0 Å². The molecule has 0 unspecified atom stereocenters. The fourth-order valence-electron chi connectivity index (χ4n) is 1.75. The van der Waals surface area contributed by atoms with Gasteiger partial charge in [-0.1, -0.05) is 11.6 Å². The lowest BCUT2D eigenvalue weighted by molar-refractivity contribution is 0.0600. The number of methoxy groups -OCH3 is 1. The van der Waals surface area contributed by atoms with Crippen LogP contribution >= 0.6 is 23.8 Å². The minimum absolute atomic E-state index is 0.281. The number of esters is 1. The van der Waals surface area contributed by atoms with Gasteiger partial charge in [-0.3, -0.25) is 5.43 Å². The van der Waals surface area contributed by atoms with Crippen LogP contribution in [0.4, 0.5) is 0 Å². The molecule has 0 radical (unpaired) electrons. The summed E-state index contributed by atoms with van der Waals surface area (Å²) in [4.78, 5) is 11.9. The lowest BCUT2D eigenvalue weighted by atomic mass is 10.2.